The van der Waals surface area contributed by atoms with Crippen molar-refractivity contribution in [1.29, 1.82) is 0 Å². The minimum absolute atomic E-state index is 0.624. The van der Waals surface area contributed by atoms with Crippen LogP contribution >= 0.6 is 27.5 Å². The fourth-order valence-electron chi connectivity index (χ4n) is 2.21. The van der Waals surface area contributed by atoms with Gasteiger partial charge in [0.1, 0.15) is 0 Å². The largest absolute Gasteiger partial charge is 0.316 e. The summed E-state index contributed by atoms with van der Waals surface area (Å²) < 4.78 is 1.16. The first kappa shape index (κ1) is 11.4. The van der Waals surface area contributed by atoms with Gasteiger partial charge in [0.05, 0.1) is 0 Å². The van der Waals surface area contributed by atoms with Gasteiger partial charge in [-0.2, -0.15) is 0 Å². The molecular weight excluding hydrogens is 273 g/mol. The Balaban J connectivity index is 2.47. The molecule has 0 radical (unpaired) electrons. The molecule has 1 atom stereocenters. The highest BCUT2D eigenvalue weighted by Gasteiger charge is 2.20. The zero-order valence-electron chi connectivity index (χ0n) is 9.03. The van der Waals surface area contributed by atoms with E-state index >= 15 is 0 Å². The van der Waals surface area contributed by atoms with Crippen LogP contribution < -0.4 is 5.32 Å². The Kier molecular flexibility index (Phi) is 3.39. The molecule has 1 heterocycles. The Morgan fingerprint density at radius 3 is 2.73 bits per heavy atom. The van der Waals surface area contributed by atoms with Gasteiger partial charge in [0.25, 0.3) is 0 Å². The van der Waals surface area contributed by atoms with E-state index in [1.54, 1.807) is 0 Å². The monoisotopic (exact) mass is 287 g/mol. The van der Waals surface area contributed by atoms with Crippen LogP contribution in [0.5, 0.6) is 0 Å². The molecule has 1 aliphatic rings. The second-order valence-corrected chi connectivity index (χ2v) is 5.40. The quantitative estimate of drug-likeness (QED) is 0.829. The number of halogens is 2. The molecule has 0 bridgehead atoms. The Morgan fingerprint density at radius 2 is 2.13 bits per heavy atom. The Labute approximate surface area is 104 Å². The van der Waals surface area contributed by atoms with Gasteiger partial charge in [0.15, 0.2) is 0 Å². The van der Waals surface area contributed by atoms with Gasteiger partial charge in [0, 0.05) is 16.0 Å². The first-order valence-electron chi connectivity index (χ1n) is 5.27. The van der Waals surface area contributed by atoms with Crippen LogP contribution in [-0.2, 0) is 0 Å². The van der Waals surface area contributed by atoms with Crippen molar-refractivity contribution in [2.24, 2.45) is 0 Å². The molecule has 1 aromatic carbocycles. The number of hydrogen-bond donors (Lipinski definition) is 1. The first-order chi connectivity index (χ1) is 7.11. The van der Waals surface area contributed by atoms with Crippen molar-refractivity contribution in [1.82, 2.24) is 5.32 Å². The lowest BCUT2D eigenvalue weighted by Crippen LogP contribution is -2.09. The third-order valence-corrected chi connectivity index (χ3v) is 4.81. The lowest BCUT2D eigenvalue weighted by atomic mass is 9.93. The molecule has 1 aliphatic heterocycles. The molecule has 0 aliphatic carbocycles. The first-order valence-corrected chi connectivity index (χ1v) is 6.44. The molecule has 1 aromatic rings. The maximum Gasteiger partial charge on any atom is 0.0449 e. The zero-order valence-corrected chi connectivity index (χ0v) is 11.4. The van der Waals surface area contributed by atoms with Crippen LogP contribution in [0, 0.1) is 13.8 Å². The van der Waals surface area contributed by atoms with Crippen LogP contribution in [0.15, 0.2) is 10.5 Å². The Hall–Kier alpha value is -0.0500. The summed E-state index contributed by atoms with van der Waals surface area (Å²) in [6.45, 7) is 6.41. The van der Waals surface area contributed by atoms with Gasteiger partial charge in [-0.05, 0) is 55.5 Å². The van der Waals surface area contributed by atoms with E-state index < -0.39 is 0 Å². The van der Waals surface area contributed by atoms with E-state index in [4.69, 9.17) is 11.6 Å². The molecule has 1 saturated heterocycles. The summed E-state index contributed by atoms with van der Waals surface area (Å²) in [4.78, 5) is 0. The van der Waals surface area contributed by atoms with E-state index in [0.29, 0.717) is 5.92 Å². The van der Waals surface area contributed by atoms with Gasteiger partial charge in [-0.25, -0.2) is 0 Å². The highest BCUT2D eigenvalue weighted by molar-refractivity contribution is 9.10. The smallest absolute Gasteiger partial charge is 0.0449 e. The summed E-state index contributed by atoms with van der Waals surface area (Å²) in [7, 11) is 0. The average Bonchev–Trinajstić information content (AvgIpc) is 2.73. The minimum Gasteiger partial charge on any atom is -0.316 e. The van der Waals surface area contributed by atoms with E-state index in [0.717, 1.165) is 28.1 Å². The predicted molar refractivity (Wildman–Crippen MR) is 68.9 cm³/mol. The van der Waals surface area contributed by atoms with Crippen LogP contribution in [-0.4, -0.2) is 13.1 Å². The van der Waals surface area contributed by atoms with E-state index in [9.17, 15) is 0 Å². The van der Waals surface area contributed by atoms with Crippen LogP contribution in [0.25, 0.3) is 0 Å². The minimum atomic E-state index is 0.624. The van der Waals surface area contributed by atoms with Crippen molar-refractivity contribution in [3.05, 3.63) is 32.3 Å². The molecule has 3 heteroatoms. The number of nitrogens with one attached hydrogen (secondary N) is 1. The van der Waals surface area contributed by atoms with E-state index in [2.05, 4.69) is 41.2 Å². The van der Waals surface area contributed by atoms with Crippen molar-refractivity contribution in [2.75, 3.05) is 13.1 Å². The van der Waals surface area contributed by atoms with Gasteiger partial charge in [0.2, 0.25) is 0 Å². The third kappa shape index (κ3) is 2.08. The summed E-state index contributed by atoms with van der Waals surface area (Å²) in [5, 5.41) is 4.26. The standard InChI is InChI=1S/C12H15BrClN/c1-7-10(9-3-4-15-6-9)5-11(14)8(2)12(7)13/h5,9,15H,3-4,6H2,1-2H3. The second kappa shape index (κ2) is 4.44. The lowest BCUT2D eigenvalue weighted by Gasteiger charge is -2.16. The summed E-state index contributed by atoms with van der Waals surface area (Å²) in [6, 6.07) is 2.13. The molecule has 0 amide bonds. The fourth-order valence-corrected chi connectivity index (χ4v) is 2.98. The van der Waals surface area contributed by atoms with Crippen molar-refractivity contribution < 1.29 is 0 Å². The van der Waals surface area contributed by atoms with Crippen LogP contribution in [0.1, 0.15) is 29.0 Å². The summed E-state index contributed by atoms with van der Waals surface area (Å²) in [5.74, 6) is 0.624. The predicted octanol–water partition coefficient (Wildman–Crippen LogP) is 3.80. The van der Waals surface area contributed by atoms with Crippen molar-refractivity contribution in [3.63, 3.8) is 0 Å². The second-order valence-electron chi connectivity index (χ2n) is 4.20. The van der Waals surface area contributed by atoms with Crippen LogP contribution in [0.3, 0.4) is 0 Å². The van der Waals surface area contributed by atoms with Crippen molar-refractivity contribution in [3.8, 4) is 0 Å². The maximum atomic E-state index is 6.22. The summed E-state index contributed by atoms with van der Waals surface area (Å²) in [5.41, 5.74) is 3.87. The molecule has 15 heavy (non-hydrogen) atoms. The summed E-state index contributed by atoms with van der Waals surface area (Å²) in [6.07, 6.45) is 1.21. The van der Waals surface area contributed by atoms with Gasteiger partial charge in [-0.3, -0.25) is 0 Å². The molecule has 1 nitrogen and oxygen atoms in total. The number of benzene rings is 1. The fraction of sp³-hybridized carbons (Fsp3) is 0.500. The van der Waals surface area contributed by atoms with Crippen molar-refractivity contribution in [2.45, 2.75) is 26.2 Å². The molecule has 1 fully saturated rings. The molecule has 82 valence electrons. The van der Waals surface area contributed by atoms with Gasteiger partial charge in [-0.1, -0.05) is 27.5 Å². The average molecular weight is 289 g/mol. The normalized spacial score (nSPS) is 20.9. The van der Waals surface area contributed by atoms with Crippen LogP contribution in [0.4, 0.5) is 0 Å². The molecule has 0 spiro atoms. The highest BCUT2D eigenvalue weighted by Crippen LogP contribution is 2.35. The number of rotatable bonds is 1. The molecule has 0 aromatic heterocycles. The van der Waals surface area contributed by atoms with E-state index in [1.807, 2.05) is 0 Å². The molecule has 2 rings (SSSR count). The Morgan fingerprint density at radius 1 is 1.40 bits per heavy atom. The van der Waals surface area contributed by atoms with Crippen molar-refractivity contribution >= 4 is 27.5 Å². The maximum absolute atomic E-state index is 6.22. The zero-order chi connectivity index (χ0) is 11.0. The third-order valence-electron chi connectivity index (χ3n) is 3.23. The molecule has 0 saturated carbocycles. The number of hydrogen-bond acceptors (Lipinski definition) is 1. The highest BCUT2D eigenvalue weighted by atomic mass is 79.9. The topological polar surface area (TPSA) is 12.0 Å². The molecular formula is C12H15BrClN. The summed E-state index contributed by atoms with van der Waals surface area (Å²) >= 11 is 9.84. The van der Waals surface area contributed by atoms with Crippen LogP contribution in [0.2, 0.25) is 5.02 Å². The molecule has 1 N–H and O–H groups in total. The van der Waals surface area contributed by atoms with Gasteiger partial charge < -0.3 is 5.32 Å². The SMILES string of the molecule is Cc1c(Cl)cc(C2CCNC2)c(C)c1Br. The lowest BCUT2D eigenvalue weighted by molar-refractivity contribution is 0.756. The van der Waals surface area contributed by atoms with Gasteiger partial charge >= 0.3 is 0 Å². The van der Waals surface area contributed by atoms with E-state index in [-0.39, 0.29) is 0 Å². The molecule has 1 unspecified atom stereocenters. The Bertz CT molecular complexity index is 384. The van der Waals surface area contributed by atoms with E-state index in [1.165, 1.54) is 17.5 Å². The van der Waals surface area contributed by atoms with Gasteiger partial charge in [-0.15, -0.1) is 0 Å².